The van der Waals surface area contributed by atoms with Crippen LogP contribution in [0.4, 0.5) is 14.9 Å². The molecule has 3 heterocycles. The second-order valence-corrected chi connectivity index (χ2v) is 8.97. The molecule has 0 unspecified atom stereocenters. The molecule has 1 atom stereocenters. The topological polar surface area (TPSA) is 67.8 Å². The minimum Gasteiger partial charge on any atom is -0.486 e. The first kappa shape index (κ1) is 20.9. The average Bonchev–Trinajstić information content (AvgIpc) is 2.67. The molecular weight excluding hydrogens is 434 g/mol. The number of hydrogen-bond acceptors (Lipinski definition) is 6. The van der Waals surface area contributed by atoms with Crippen molar-refractivity contribution in [3.05, 3.63) is 34.5 Å². The van der Waals surface area contributed by atoms with E-state index in [1.165, 1.54) is 12.3 Å². The van der Waals surface area contributed by atoms with E-state index in [-0.39, 0.29) is 34.8 Å². The van der Waals surface area contributed by atoms with E-state index < -0.39 is 11.4 Å². The fraction of sp³-hybridized carbons (Fsp3) is 0.450. The first-order valence-corrected chi connectivity index (χ1v) is 10.3. The number of rotatable bonds is 1. The van der Waals surface area contributed by atoms with E-state index in [9.17, 15) is 9.18 Å². The van der Waals surface area contributed by atoms with E-state index in [2.05, 4.69) is 9.97 Å². The molecule has 2 aromatic rings. The van der Waals surface area contributed by atoms with Crippen molar-refractivity contribution in [3.63, 3.8) is 0 Å². The zero-order valence-corrected chi connectivity index (χ0v) is 18.3. The lowest BCUT2D eigenvalue weighted by Crippen LogP contribution is -2.59. The predicted molar refractivity (Wildman–Crippen MR) is 112 cm³/mol. The SMILES string of the molecule is CC(C)(C)OC(=O)N1CCN2c3cc(-c4nc(Cl)ncc4Cl)cc(F)c3OC[C@H]2C1. The van der Waals surface area contributed by atoms with Gasteiger partial charge in [-0.25, -0.2) is 19.2 Å². The van der Waals surface area contributed by atoms with Gasteiger partial charge in [-0.15, -0.1) is 0 Å². The van der Waals surface area contributed by atoms with Crippen LogP contribution in [0.15, 0.2) is 18.3 Å². The lowest BCUT2D eigenvalue weighted by Gasteiger charge is -2.45. The van der Waals surface area contributed by atoms with Gasteiger partial charge in [-0.3, -0.25) is 0 Å². The Balaban J connectivity index is 1.62. The molecule has 0 N–H and O–H groups in total. The summed E-state index contributed by atoms with van der Waals surface area (Å²) in [6, 6.07) is 2.97. The van der Waals surface area contributed by atoms with E-state index in [1.54, 1.807) is 11.0 Å². The summed E-state index contributed by atoms with van der Waals surface area (Å²) >= 11 is 12.1. The van der Waals surface area contributed by atoms with Crippen molar-refractivity contribution in [1.82, 2.24) is 14.9 Å². The normalized spacial score (nSPS) is 18.4. The molecule has 1 saturated heterocycles. The van der Waals surface area contributed by atoms with Gasteiger partial charge >= 0.3 is 6.09 Å². The van der Waals surface area contributed by atoms with Crippen LogP contribution in [0.3, 0.4) is 0 Å². The molecule has 4 rings (SSSR count). The van der Waals surface area contributed by atoms with Crippen LogP contribution in [-0.2, 0) is 4.74 Å². The number of anilines is 1. The molecule has 2 aliphatic rings. The van der Waals surface area contributed by atoms with Crippen molar-refractivity contribution in [3.8, 4) is 17.0 Å². The quantitative estimate of drug-likeness (QED) is 0.594. The zero-order valence-electron chi connectivity index (χ0n) is 16.8. The number of benzene rings is 1. The number of nitrogens with zero attached hydrogens (tertiary/aromatic N) is 4. The van der Waals surface area contributed by atoms with Crippen LogP contribution in [0.25, 0.3) is 11.3 Å². The third-order valence-corrected chi connectivity index (χ3v) is 5.33. The van der Waals surface area contributed by atoms with Crippen LogP contribution < -0.4 is 9.64 Å². The number of ether oxygens (including phenoxy) is 2. The number of carbonyl (C=O) groups is 1. The molecule has 30 heavy (non-hydrogen) atoms. The maximum absolute atomic E-state index is 14.8. The van der Waals surface area contributed by atoms with Gasteiger partial charge in [-0.2, -0.15) is 0 Å². The Hall–Kier alpha value is -2.32. The fourth-order valence-corrected chi connectivity index (χ4v) is 3.94. The summed E-state index contributed by atoms with van der Waals surface area (Å²) in [5, 5.41) is 0.286. The number of fused-ring (bicyclic) bond motifs is 3. The van der Waals surface area contributed by atoms with Crippen LogP contribution >= 0.6 is 23.2 Å². The third-order valence-electron chi connectivity index (χ3n) is 4.88. The molecule has 1 fully saturated rings. The van der Waals surface area contributed by atoms with Gasteiger partial charge in [0.05, 0.1) is 28.6 Å². The maximum atomic E-state index is 14.8. The molecule has 0 radical (unpaired) electrons. The van der Waals surface area contributed by atoms with Gasteiger partial charge in [0, 0.05) is 25.2 Å². The lowest BCUT2D eigenvalue weighted by atomic mass is 10.0. The number of carbonyl (C=O) groups excluding carboxylic acids is 1. The van der Waals surface area contributed by atoms with Crippen molar-refractivity contribution in [2.24, 2.45) is 0 Å². The summed E-state index contributed by atoms with van der Waals surface area (Å²) < 4.78 is 26.0. The number of hydrogen-bond donors (Lipinski definition) is 0. The smallest absolute Gasteiger partial charge is 0.410 e. The molecular formula is C20H21Cl2FN4O3. The van der Waals surface area contributed by atoms with Gasteiger partial charge in [0.2, 0.25) is 5.28 Å². The standard InChI is InChI=1S/C20H21Cl2FN4O3/c1-20(2,3)30-19(28)26-4-5-27-12(9-26)10-29-17-14(23)6-11(7-15(17)27)16-13(21)8-24-18(22)25-16/h6-8,12H,4-5,9-10H2,1-3H3/t12-/m1/s1. The molecule has 0 spiro atoms. The molecule has 0 bridgehead atoms. The van der Waals surface area contributed by atoms with Crippen molar-refractivity contribution >= 4 is 35.0 Å². The first-order valence-electron chi connectivity index (χ1n) is 9.52. The Kier molecular flexibility index (Phi) is 5.40. The van der Waals surface area contributed by atoms with Crippen molar-refractivity contribution in [2.75, 3.05) is 31.1 Å². The molecule has 0 aliphatic carbocycles. The summed E-state index contributed by atoms with van der Waals surface area (Å²) in [6.07, 6.45) is 1.01. The van der Waals surface area contributed by atoms with E-state index >= 15 is 0 Å². The summed E-state index contributed by atoms with van der Waals surface area (Å²) in [4.78, 5) is 24.1. The van der Waals surface area contributed by atoms with Gasteiger partial charge in [-0.1, -0.05) is 11.6 Å². The summed E-state index contributed by atoms with van der Waals surface area (Å²) in [7, 11) is 0. The van der Waals surface area contributed by atoms with E-state index in [0.717, 1.165) is 0 Å². The number of piperazine rings is 1. The minimum atomic E-state index is -0.569. The maximum Gasteiger partial charge on any atom is 0.410 e. The van der Waals surface area contributed by atoms with Crippen LogP contribution in [0.5, 0.6) is 5.75 Å². The second-order valence-electron chi connectivity index (χ2n) is 8.23. The van der Waals surface area contributed by atoms with E-state index in [1.807, 2.05) is 25.7 Å². The molecule has 2 aliphatic heterocycles. The van der Waals surface area contributed by atoms with Gasteiger partial charge in [0.15, 0.2) is 11.6 Å². The Morgan fingerprint density at radius 1 is 1.30 bits per heavy atom. The Labute approximate surface area is 183 Å². The first-order chi connectivity index (χ1) is 14.1. The number of aromatic nitrogens is 2. The highest BCUT2D eigenvalue weighted by Gasteiger charge is 2.37. The highest BCUT2D eigenvalue weighted by Crippen LogP contribution is 2.41. The molecule has 10 heteroatoms. The molecule has 1 aromatic heterocycles. The summed E-state index contributed by atoms with van der Waals surface area (Å²) in [5.74, 6) is -0.335. The molecule has 0 saturated carbocycles. The predicted octanol–water partition coefficient (Wildman–Crippen LogP) is 4.41. The lowest BCUT2D eigenvalue weighted by molar-refractivity contribution is 0.0194. The Morgan fingerprint density at radius 3 is 2.80 bits per heavy atom. The van der Waals surface area contributed by atoms with E-state index in [4.69, 9.17) is 32.7 Å². The fourth-order valence-electron chi connectivity index (χ4n) is 3.61. The van der Waals surface area contributed by atoms with Gasteiger partial charge in [0.1, 0.15) is 12.2 Å². The largest absolute Gasteiger partial charge is 0.486 e. The van der Waals surface area contributed by atoms with Crippen LogP contribution in [0.2, 0.25) is 10.3 Å². The van der Waals surface area contributed by atoms with Gasteiger partial charge < -0.3 is 19.3 Å². The van der Waals surface area contributed by atoms with Crippen LogP contribution in [-0.4, -0.2) is 58.8 Å². The Bertz CT molecular complexity index is 999. The van der Waals surface area contributed by atoms with Gasteiger partial charge in [0.25, 0.3) is 0 Å². The average molecular weight is 455 g/mol. The third kappa shape index (κ3) is 4.11. The second kappa shape index (κ2) is 7.74. The monoisotopic (exact) mass is 454 g/mol. The highest BCUT2D eigenvalue weighted by atomic mass is 35.5. The van der Waals surface area contributed by atoms with Crippen LogP contribution in [0, 0.1) is 5.82 Å². The summed E-state index contributed by atoms with van der Waals surface area (Å²) in [5.41, 5.74) is 0.836. The van der Waals surface area contributed by atoms with Crippen molar-refractivity contribution < 1.29 is 18.7 Å². The molecule has 160 valence electrons. The minimum absolute atomic E-state index is 0.0210. The molecule has 1 amide bonds. The zero-order chi connectivity index (χ0) is 21.6. The van der Waals surface area contributed by atoms with Gasteiger partial charge in [-0.05, 0) is 44.5 Å². The Morgan fingerprint density at radius 2 is 2.07 bits per heavy atom. The molecule has 1 aromatic carbocycles. The highest BCUT2D eigenvalue weighted by molar-refractivity contribution is 6.33. The van der Waals surface area contributed by atoms with Crippen LogP contribution in [0.1, 0.15) is 20.8 Å². The number of amides is 1. The van der Waals surface area contributed by atoms with Crippen molar-refractivity contribution in [1.29, 1.82) is 0 Å². The van der Waals surface area contributed by atoms with E-state index in [0.29, 0.717) is 36.6 Å². The van der Waals surface area contributed by atoms with Crippen molar-refractivity contribution in [2.45, 2.75) is 32.4 Å². The number of halogens is 3. The summed E-state index contributed by atoms with van der Waals surface area (Å²) in [6.45, 7) is 7.14. The molecule has 7 nitrogen and oxygen atoms in total.